The number of carbonyl (C=O) groups is 4. The number of ether oxygens (including phenoxy) is 2. The Bertz CT molecular complexity index is 3180. The van der Waals surface area contributed by atoms with E-state index in [1.807, 2.05) is 153 Å². The van der Waals surface area contributed by atoms with Gasteiger partial charge in [-0.3, -0.25) is 14.4 Å². The lowest BCUT2D eigenvalue weighted by molar-refractivity contribution is -0.153. The summed E-state index contributed by atoms with van der Waals surface area (Å²) < 4.78 is 11.2. The van der Waals surface area contributed by atoms with E-state index in [0.29, 0.717) is 48.4 Å². The first-order valence-electron chi connectivity index (χ1n) is 23.8. The maximum absolute atomic E-state index is 14.8. The van der Waals surface area contributed by atoms with Crippen molar-refractivity contribution in [1.29, 1.82) is 0 Å². The smallest absolute Gasteiger partial charge is 0.410 e. The summed E-state index contributed by atoms with van der Waals surface area (Å²) >= 11 is 0. The third-order valence-corrected chi connectivity index (χ3v) is 12.5. The number of benzene rings is 8. The first kappa shape index (κ1) is 48.9. The predicted octanol–water partition coefficient (Wildman–Crippen LogP) is 12.3. The van der Waals surface area contributed by atoms with Crippen molar-refractivity contribution >= 4 is 67.0 Å². The van der Waals surface area contributed by atoms with Gasteiger partial charge >= 0.3 is 12.1 Å². The molecule has 0 fully saturated rings. The van der Waals surface area contributed by atoms with Crippen LogP contribution in [0, 0.1) is 0 Å². The van der Waals surface area contributed by atoms with Crippen molar-refractivity contribution in [1.82, 2.24) is 20.0 Å². The van der Waals surface area contributed by atoms with Crippen LogP contribution < -0.4 is 5.32 Å². The van der Waals surface area contributed by atoms with Crippen molar-refractivity contribution < 1.29 is 28.7 Å². The van der Waals surface area contributed by atoms with E-state index in [1.165, 1.54) is 0 Å². The van der Waals surface area contributed by atoms with Crippen LogP contribution in [0.2, 0.25) is 0 Å². The molecule has 0 unspecified atom stereocenters. The standard InChI is InChI=1S/C60H62N4O6/c1-59(2,3)69-55(65)35-61-34-51-41-24-10-12-26-43(41)52(44-27-13-11-25-42(44)51)36-62(7)56(66)49-32-20-18-22-39(49)40-23-19-21-33-50(40)57(67)63(8)37-53-45-28-14-16-30-47(45)54(48-31-17-15-29-46(48)53)38-64(9)58(68)70-60(4,5)6/h10-33,61H,34-38H2,1-9H3. The molecule has 10 heteroatoms. The Labute approximate surface area is 410 Å². The van der Waals surface area contributed by atoms with Crippen LogP contribution in [0.1, 0.15) is 84.5 Å². The number of rotatable bonds is 13. The fraction of sp³-hybridized carbons (Fsp3) is 0.267. The molecule has 0 radical (unpaired) electrons. The predicted molar refractivity (Wildman–Crippen MR) is 282 cm³/mol. The topological polar surface area (TPSA) is 108 Å². The number of amides is 3. The fourth-order valence-corrected chi connectivity index (χ4v) is 9.47. The van der Waals surface area contributed by atoms with E-state index in [1.54, 1.807) is 21.7 Å². The van der Waals surface area contributed by atoms with E-state index in [0.717, 1.165) is 65.3 Å². The maximum Gasteiger partial charge on any atom is 0.410 e. The summed E-state index contributed by atoms with van der Waals surface area (Å²) in [5.74, 6) is -0.686. The minimum atomic E-state index is -0.630. The SMILES string of the molecule is CN(Cc1c2ccccc2c(CN(C)C(=O)c2ccccc2-c2ccccc2C(=O)N(C)Cc2c3ccccc3c(CNCC(=O)OC(C)(C)C)c3ccccc23)c2ccccc12)C(=O)OC(C)(C)C. The van der Waals surface area contributed by atoms with E-state index in [-0.39, 0.29) is 24.3 Å². The van der Waals surface area contributed by atoms with Gasteiger partial charge in [-0.15, -0.1) is 0 Å². The van der Waals surface area contributed by atoms with Gasteiger partial charge in [0.05, 0.1) is 6.54 Å². The lowest BCUT2D eigenvalue weighted by Crippen LogP contribution is -2.34. The van der Waals surface area contributed by atoms with E-state index >= 15 is 0 Å². The molecule has 8 aromatic carbocycles. The van der Waals surface area contributed by atoms with Gasteiger partial charge in [-0.2, -0.15) is 0 Å². The van der Waals surface area contributed by atoms with Crippen molar-refractivity contribution in [3.63, 3.8) is 0 Å². The van der Waals surface area contributed by atoms with E-state index < -0.39 is 17.3 Å². The number of esters is 1. The van der Waals surface area contributed by atoms with Crippen LogP contribution in [0.5, 0.6) is 0 Å². The Morgan fingerprint density at radius 3 is 1.06 bits per heavy atom. The minimum Gasteiger partial charge on any atom is -0.459 e. The van der Waals surface area contributed by atoms with Crippen molar-refractivity contribution in [2.24, 2.45) is 0 Å². The first-order valence-corrected chi connectivity index (χ1v) is 23.8. The van der Waals surface area contributed by atoms with Crippen molar-refractivity contribution in [3.8, 4) is 11.1 Å². The summed E-state index contributed by atoms with van der Waals surface area (Å²) in [7, 11) is 5.38. The summed E-state index contributed by atoms with van der Waals surface area (Å²) in [6, 6.07) is 47.6. The number of nitrogens with zero attached hydrogens (tertiary/aromatic N) is 3. The van der Waals surface area contributed by atoms with Crippen LogP contribution in [0.4, 0.5) is 4.79 Å². The van der Waals surface area contributed by atoms with E-state index in [2.05, 4.69) is 53.8 Å². The third kappa shape index (κ3) is 10.5. The second-order valence-corrected chi connectivity index (χ2v) is 20.0. The normalized spacial score (nSPS) is 11.8. The summed E-state index contributed by atoms with van der Waals surface area (Å²) in [6.07, 6.45) is -0.403. The molecule has 1 N–H and O–H groups in total. The number of nitrogens with one attached hydrogen (secondary N) is 1. The van der Waals surface area contributed by atoms with Gasteiger partial charge in [0, 0.05) is 58.4 Å². The summed E-state index contributed by atoms with van der Waals surface area (Å²) in [4.78, 5) is 60.5. The lowest BCUT2D eigenvalue weighted by atomic mass is 9.90. The van der Waals surface area contributed by atoms with Crippen LogP contribution in [-0.4, -0.2) is 77.5 Å². The Balaban J connectivity index is 1.08. The molecule has 0 spiro atoms. The Morgan fingerprint density at radius 1 is 0.414 bits per heavy atom. The summed E-state index contributed by atoms with van der Waals surface area (Å²) in [6.45, 7) is 12.6. The molecule has 3 amide bonds. The molecule has 0 saturated carbocycles. The third-order valence-electron chi connectivity index (χ3n) is 12.5. The summed E-state index contributed by atoms with van der Waals surface area (Å²) in [5.41, 5.74) is 5.13. The molecular weight excluding hydrogens is 873 g/mol. The minimum absolute atomic E-state index is 0.0730. The van der Waals surface area contributed by atoms with Crippen LogP contribution in [-0.2, 0) is 40.4 Å². The molecule has 0 aliphatic rings. The Hall–Kier alpha value is -7.56. The van der Waals surface area contributed by atoms with Crippen molar-refractivity contribution in [2.45, 2.75) is 78.9 Å². The number of fused-ring (bicyclic) bond motifs is 4. The quantitative estimate of drug-likeness (QED) is 0.0906. The zero-order valence-corrected chi connectivity index (χ0v) is 41.7. The molecule has 10 nitrogen and oxygen atoms in total. The average Bonchev–Trinajstić information content (AvgIpc) is 3.34. The monoisotopic (exact) mass is 934 g/mol. The first-order chi connectivity index (χ1) is 33.4. The van der Waals surface area contributed by atoms with E-state index in [9.17, 15) is 19.2 Å². The Morgan fingerprint density at radius 2 is 0.714 bits per heavy atom. The fourth-order valence-electron chi connectivity index (χ4n) is 9.47. The van der Waals surface area contributed by atoms with Gasteiger partial charge < -0.3 is 29.5 Å². The van der Waals surface area contributed by atoms with E-state index in [4.69, 9.17) is 9.47 Å². The van der Waals surface area contributed by atoms with Gasteiger partial charge in [0.2, 0.25) is 0 Å². The number of carbonyl (C=O) groups excluding carboxylic acids is 4. The van der Waals surface area contributed by atoms with Gasteiger partial charge in [-0.05, 0) is 130 Å². The van der Waals surface area contributed by atoms with Gasteiger partial charge in [0.1, 0.15) is 11.2 Å². The molecule has 8 aromatic rings. The number of hydrogen-bond acceptors (Lipinski definition) is 7. The van der Waals surface area contributed by atoms with Crippen molar-refractivity contribution in [2.75, 3.05) is 27.7 Å². The lowest BCUT2D eigenvalue weighted by Gasteiger charge is -2.27. The Kier molecular flexibility index (Phi) is 14.1. The molecule has 70 heavy (non-hydrogen) atoms. The maximum atomic E-state index is 14.8. The van der Waals surface area contributed by atoms with Gasteiger partial charge in [0.15, 0.2) is 0 Å². The van der Waals surface area contributed by atoms with Crippen LogP contribution in [0.3, 0.4) is 0 Å². The highest BCUT2D eigenvalue weighted by Crippen LogP contribution is 2.37. The molecule has 0 aliphatic carbocycles. The zero-order valence-electron chi connectivity index (χ0n) is 41.7. The van der Waals surface area contributed by atoms with Crippen LogP contribution in [0.15, 0.2) is 146 Å². The average molecular weight is 935 g/mol. The van der Waals surface area contributed by atoms with Crippen molar-refractivity contribution in [3.05, 3.63) is 179 Å². The highest BCUT2D eigenvalue weighted by atomic mass is 16.6. The molecule has 358 valence electrons. The highest BCUT2D eigenvalue weighted by molar-refractivity contribution is 6.09. The van der Waals surface area contributed by atoms with Crippen LogP contribution >= 0.6 is 0 Å². The molecule has 0 saturated heterocycles. The van der Waals surface area contributed by atoms with Gasteiger partial charge in [-0.1, -0.05) is 133 Å². The molecule has 8 rings (SSSR count). The van der Waals surface area contributed by atoms with Gasteiger partial charge in [0.25, 0.3) is 11.8 Å². The molecule has 0 aliphatic heterocycles. The largest absolute Gasteiger partial charge is 0.459 e. The number of hydrogen-bond donors (Lipinski definition) is 1. The molecular formula is C60H62N4O6. The second-order valence-electron chi connectivity index (χ2n) is 20.0. The molecule has 0 atom stereocenters. The van der Waals surface area contributed by atoms with Gasteiger partial charge in [-0.25, -0.2) is 4.79 Å². The zero-order chi connectivity index (χ0) is 49.9. The molecule has 0 aromatic heterocycles. The highest BCUT2D eigenvalue weighted by Gasteiger charge is 2.26. The van der Waals surface area contributed by atoms with Crippen LogP contribution in [0.25, 0.3) is 54.2 Å². The molecule has 0 bridgehead atoms. The molecule has 0 heterocycles. The summed E-state index contributed by atoms with van der Waals surface area (Å²) in [5, 5.41) is 11.4. The second kappa shape index (κ2) is 20.2.